The van der Waals surface area contributed by atoms with Crippen molar-refractivity contribution in [2.24, 2.45) is 0 Å². The summed E-state index contributed by atoms with van der Waals surface area (Å²) in [7, 11) is 0. The molecule has 0 atom stereocenters. The van der Waals surface area contributed by atoms with E-state index in [2.05, 4.69) is 10.3 Å². The predicted octanol–water partition coefficient (Wildman–Crippen LogP) is 4.35. The summed E-state index contributed by atoms with van der Waals surface area (Å²) in [4.78, 5) is 39.6. The Morgan fingerprint density at radius 1 is 1.06 bits per heavy atom. The number of aryl methyl sites for hydroxylation is 2. The fraction of sp³-hybridized carbons (Fsp3) is 0.125. The van der Waals surface area contributed by atoms with E-state index < -0.39 is 23.4 Å². The second-order valence-corrected chi connectivity index (χ2v) is 7.41. The molecule has 0 spiro atoms. The lowest BCUT2D eigenvalue weighted by molar-refractivity contribution is -0.384. The molecule has 0 aliphatic carbocycles. The minimum Gasteiger partial charge on any atom is -0.452 e. The van der Waals surface area contributed by atoms with Crippen LogP contribution in [0.2, 0.25) is 0 Å². The predicted molar refractivity (Wildman–Crippen MR) is 123 cm³/mol. The van der Waals surface area contributed by atoms with Crippen molar-refractivity contribution in [3.8, 4) is 5.69 Å². The van der Waals surface area contributed by atoms with Crippen LogP contribution >= 0.6 is 0 Å². The number of esters is 1. The molecule has 0 saturated carbocycles. The zero-order valence-electron chi connectivity index (χ0n) is 17.9. The van der Waals surface area contributed by atoms with Gasteiger partial charge in [-0.15, -0.1) is 0 Å². The van der Waals surface area contributed by atoms with E-state index in [4.69, 9.17) is 4.74 Å². The van der Waals surface area contributed by atoms with E-state index in [0.29, 0.717) is 11.1 Å². The highest BCUT2D eigenvalue weighted by Gasteiger charge is 2.16. The van der Waals surface area contributed by atoms with E-state index in [-0.39, 0.29) is 16.9 Å². The number of imidazole rings is 1. The van der Waals surface area contributed by atoms with Crippen LogP contribution in [-0.4, -0.2) is 33.0 Å². The number of amides is 1. The van der Waals surface area contributed by atoms with Gasteiger partial charge in [0.25, 0.3) is 11.6 Å². The van der Waals surface area contributed by atoms with Gasteiger partial charge < -0.3 is 10.1 Å². The first-order valence-electron chi connectivity index (χ1n) is 10.1. The molecule has 1 aromatic heterocycles. The fourth-order valence-electron chi connectivity index (χ4n) is 3.49. The number of aromatic nitrogens is 2. The number of rotatable bonds is 6. The van der Waals surface area contributed by atoms with Crippen molar-refractivity contribution in [2.45, 2.75) is 13.8 Å². The van der Waals surface area contributed by atoms with Crippen molar-refractivity contribution in [3.05, 3.63) is 93.8 Å². The molecular formula is C24H20N4O5. The molecule has 9 nitrogen and oxygen atoms in total. The van der Waals surface area contributed by atoms with Gasteiger partial charge in [0.2, 0.25) is 0 Å². The molecule has 0 aliphatic heterocycles. The van der Waals surface area contributed by atoms with Crippen LogP contribution in [0, 0.1) is 24.0 Å². The number of nitro groups is 1. The van der Waals surface area contributed by atoms with E-state index in [1.54, 1.807) is 25.1 Å². The lowest BCUT2D eigenvalue weighted by Crippen LogP contribution is -2.21. The third-order valence-electron chi connectivity index (χ3n) is 5.11. The number of non-ortho nitro benzene ring substituents is 1. The Bertz CT molecular complexity index is 1380. The number of fused-ring (bicyclic) bond motifs is 1. The zero-order valence-corrected chi connectivity index (χ0v) is 17.9. The largest absolute Gasteiger partial charge is 0.452 e. The molecule has 0 fully saturated rings. The van der Waals surface area contributed by atoms with Crippen LogP contribution in [0.1, 0.15) is 21.7 Å². The first-order chi connectivity index (χ1) is 15.8. The number of nitro benzene ring substituents is 1. The van der Waals surface area contributed by atoms with Crippen LogP contribution in [-0.2, 0) is 9.53 Å². The van der Waals surface area contributed by atoms with Crippen LogP contribution in [0.3, 0.4) is 0 Å². The van der Waals surface area contributed by atoms with Crippen LogP contribution in [0.15, 0.2) is 66.7 Å². The molecule has 0 bridgehead atoms. The molecule has 0 unspecified atom stereocenters. The third kappa shape index (κ3) is 4.57. The number of nitrogens with zero attached hydrogens (tertiary/aromatic N) is 3. The summed E-state index contributed by atoms with van der Waals surface area (Å²) in [6.45, 7) is 3.05. The van der Waals surface area contributed by atoms with Gasteiger partial charge in [-0.05, 0) is 49.7 Å². The second-order valence-electron chi connectivity index (χ2n) is 7.41. The van der Waals surface area contributed by atoms with Gasteiger partial charge in [-0.2, -0.15) is 0 Å². The molecule has 4 rings (SSSR count). The van der Waals surface area contributed by atoms with E-state index >= 15 is 0 Å². The lowest BCUT2D eigenvalue weighted by atomic mass is 10.2. The maximum atomic E-state index is 12.5. The Morgan fingerprint density at radius 3 is 2.55 bits per heavy atom. The first-order valence-corrected chi connectivity index (χ1v) is 10.1. The highest BCUT2D eigenvalue weighted by molar-refractivity contribution is 5.97. The molecule has 1 heterocycles. The average Bonchev–Trinajstić information content (AvgIpc) is 3.14. The summed E-state index contributed by atoms with van der Waals surface area (Å²) in [6, 6.07) is 18.9. The topological polar surface area (TPSA) is 116 Å². The van der Waals surface area contributed by atoms with Gasteiger partial charge in [0, 0.05) is 17.8 Å². The Balaban J connectivity index is 1.46. The van der Waals surface area contributed by atoms with Gasteiger partial charge in [0.05, 0.1) is 27.2 Å². The van der Waals surface area contributed by atoms with E-state index in [0.717, 1.165) is 17.0 Å². The number of para-hydroxylation sites is 1. The van der Waals surface area contributed by atoms with E-state index in [1.165, 1.54) is 18.2 Å². The van der Waals surface area contributed by atoms with Crippen molar-refractivity contribution < 1.29 is 19.2 Å². The van der Waals surface area contributed by atoms with E-state index in [9.17, 15) is 19.7 Å². The van der Waals surface area contributed by atoms with Crippen LogP contribution in [0.4, 0.5) is 11.4 Å². The maximum Gasteiger partial charge on any atom is 0.338 e. The number of anilines is 1. The highest BCUT2D eigenvalue weighted by Crippen LogP contribution is 2.23. The zero-order chi connectivity index (χ0) is 23.5. The smallest absolute Gasteiger partial charge is 0.338 e. The van der Waals surface area contributed by atoms with Crippen molar-refractivity contribution in [1.29, 1.82) is 0 Å². The van der Waals surface area contributed by atoms with E-state index in [1.807, 2.05) is 41.8 Å². The standard InChI is InChI=1S/C24H20N4O5/c1-15-8-10-19(28(31)32)13-20(15)26-23(29)14-33-24(30)17-9-11-22-21(12-17)25-16(2)27(22)18-6-4-3-5-7-18/h3-13H,14H2,1-2H3,(H,26,29). The molecule has 166 valence electrons. The number of nitrogens with one attached hydrogen (secondary N) is 1. The normalized spacial score (nSPS) is 10.7. The van der Waals surface area contributed by atoms with Crippen LogP contribution in [0.25, 0.3) is 16.7 Å². The molecule has 3 aromatic carbocycles. The van der Waals surface area contributed by atoms with Crippen molar-refractivity contribution in [1.82, 2.24) is 9.55 Å². The van der Waals surface area contributed by atoms with Gasteiger partial charge in [-0.25, -0.2) is 9.78 Å². The Kier molecular flexibility index (Phi) is 5.86. The van der Waals surface area contributed by atoms with Crippen molar-refractivity contribution in [3.63, 3.8) is 0 Å². The number of hydrogen-bond acceptors (Lipinski definition) is 6. The average molecular weight is 444 g/mol. The molecule has 1 amide bonds. The maximum absolute atomic E-state index is 12.5. The van der Waals surface area contributed by atoms with Gasteiger partial charge >= 0.3 is 5.97 Å². The van der Waals surface area contributed by atoms with Crippen molar-refractivity contribution >= 4 is 34.3 Å². The summed E-state index contributed by atoms with van der Waals surface area (Å²) >= 11 is 0. The summed E-state index contributed by atoms with van der Waals surface area (Å²) in [5.41, 5.74) is 3.48. The Morgan fingerprint density at radius 2 is 1.82 bits per heavy atom. The minimum absolute atomic E-state index is 0.147. The second kappa shape index (κ2) is 8.91. The van der Waals surface area contributed by atoms with Gasteiger partial charge in [0.15, 0.2) is 6.61 Å². The fourth-order valence-corrected chi connectivity index (χ4v) is 3.49. The summed E-state index contributed by atoms with van der Waals surface area (Å²) in [5.74, 6) is -0.500. The SMILES string of the molecule is Cc1ccc([N+](=O)[O-])cc1NC(=O)COC(=O)c1ccc2c(c1)nc(C)n2-c1ccccc1. The third-order valence-corrected chi connectivity index (χ3v) is 5.11. The number of hydrogen-bond donors (Lipinski definition) is 1. The minimum atomic E-state index is -0.672. The Labute approximate surface area is 188 Å². The molecule has 0 saturated heterocycles. The number of benzene rings is 3. The molecule has 33 heavy (non-hydrogen) atoms. The number of carbonyl (C=O) groups is 2. The summed E-state index contributed by atoms with van der Waals surface area (Å²) in [5, 5.41) is 13.5. The Hall–Kier alpha value is -4.53. The molecule has 0 aliphatic rings. The number of ether oxygens (including phenoxy) is 1. The molecule has 1 N–H and O–H groups in total. The quantitative estimate of drug-likeness (QED) is 0.269. The van der Waals surface area contributed by atoms with Gasteiger partial charge in [0.1, 0.15) is 5.82 Å². The lowest BCUT2D eigenvalue weighted by Gasteiger charge is -2.09. The molecular weight excluding hydrogens is 424 g/mol. The monoisotopic (exact) mass is 444 g/mol. The van der Waals surface area contributed by atoms with Crippen molar-refractivity contribution in [2.75, 3.05) is 11.9 Å². The summed E-state index contributed by atoms with van der Waals surface area (Å²) < 4.78 is 7.12. The summed E-state index contributed by atoms with van der Waals surface area (Å²) in [6.07, 6.45) is 0. The van der Waals surface area contributed by atoms with Crippen LogP contribution in [0.5, 0.6) is 0 Å². The highest BCUT2D eigenvalue weighted by atomic mass is 16.6. The molecule has 4 aromatic rings. The molecule has 9 heteroatoms. The number of carbonyl (C=O) groups excluding carboxylic acids is 2. The molecule has 0 radical (unpaired) electrons. The van der Waals surface area contributed by atoms with Gasteiger partial charge in [-0.1, -0.05) is 24.3 Å². The first kappa shape index (κ1) is 21.7. The van der Waals surface area contributed by atoms with Gasteiger partial charge in [-0.3, -0.25) is 19.5 Å². The van der Waals surface area contributed by atoms with Crippen LogP contribution < -0.4 is 5.32 Å².